The molecular formula is C18H20N4O2S. The molecule has 3 heterocycles. The molecule has 1 saturated heterocycles. The summed E-state index contributed by atoms with van der Waals surface area (Å²) in [6.07, 6.45) is 2.68. The van der Waals surface area contributed by atoms with Gasteiger partial charge < -0.3 is 9.84 Å². The molecule has 1 fully saturated rings. The van der Waals surface area contributed by atoms with Crippen molar-refractivity contribution in [2.45, 2.75) is 32.2 Å². The highest BCUT2D eigenvalue weighted by atomic mass is 32.1. The van der Waals surface area contributed by atoms with E-state index in [0.29, 0.717) is 24.0 Å². The van der Waals surface area contributed by atoms with Crippen molar-refractivity contribution >= 4 is 33.3 Å². The first-order valence-electron chi connectivity index (χ1n) is 8.52. The quantitative estimate of drug-likeness (QED) is 0.754. The second-order valence-electron chi connectivity index (χ2n) is 6.33. The summed E-state index contributed by atoms with van der Waals surface area (Å²) in [5.74, 6) is 1.13. The lowest BCUT2D eigenvalue weighted by Gasteiger charge is -2.22. The first-order chi connectivity index (χ1) is 12.2. The number of thiazole rings is 1. The van der Waals surface area contributed by atoms with Crippen molar-refractivity contribution in [2.24, 2.45) is 0 Å². The summed E-state index contributed by atoms with van der Waals surface area (Å²) in [6, 6.07) is 10.3. The molecule has 1 amide bonds. The molecule has 0 bridgehead atoms. The molecule has 25 heavy (non-hydrogen) atoms. The molecule has 1 unspecified atom stereocenters. The number of rotatable bonds is 5. The van der Waals surface area contributed by atoms with Crippen LogP contribution in [0.4, 0.5) is 5.82 Å². The Morgan fingerprint density at radius 2 is 2.32 bits per heavy atom. The van der Waals surface area contributed by atoms with E-state index in [-0.39, 0.29) is 5.91 Å². The molecule has 0 spiro atoms. The van der Waals surface area contributed by atoms with Crippen molar-refractivity contribution in [3.63, 3.8) is 0 Å². The molecule has 0 aliphatic carbocycles. The predicted octanol–water partition coefficient (Wildman–Crippen LogP) is 3.76. The highest BCUT2D eigenvalue weighted by molar-refractivity contribution is 7.18. The molecule has 0 saturated carbocycles. The molecule has 1 aliphatic heterocycles. The largest absolute Gasteiger partial charge is 0.360 e. The number of nitrogens with zero attached hydrogens (tertiary/aromatic N) is 3. The number of likely N-dealkylation sites (tertiary alicyclic amines) is 1. The van der Waals surface area contributed by atoms with Crippen LogP contribution in [0.2, 0.25) is 0 Å². The van der Waals surface area contributed by atoms with E-state index in [4.69, 9.17) is 9.51 Å². The summed E-state index contributed by atoms with van der Waals surface area (Å²) >= 11 is 1.76. The van der Waals surface area contributed by atoms with Crippen molar-refractivity contribution in [3.8, 4) is 0 Å². The predicted molar refractivity (Wildman–Crippen MR) is 97.7 cm³/mol. The Kier molecular flexibility index (Phi) is 4.50. The van der Waals surface area contributed by atoms with E-state index >= 15 is 0 Å². The van der Waals surface area contributed by atoms with Crippen LogP contribution >= 0.6 is 11.3 Å². The molecule has 2 aromatic heterocycles. The highest BCUT2D eigenvalue weighted by Crippen LogP contribution is 2.36. The first kappa shape index (κ1) is 16.2. The van der Waals surface area contributed by atoms with Gasteiger partial charge in [-0.1, -0.05) is 17.3 Å². The number of para-hydroxylation sites is 1. The van der Waals surface area contributed by atoms with Gasteiger partial charge in [-0.05, 0) is 38.4 Å². The minimum atomic E-state index is -0.0387. The van der Waals surface area contributed by atoms with Gasteiger partial charge in [-0.2, -0.15) is 0 Å². The molecule has 1 N–H and O–H groups in total. The number of hydrogen-bond donors (Lipinski definition) is 1. The Hall–Kier alpha value is -2.25. The smallest absolute Gasteiger partial charge is 0.226 e. The summed E-state index contributed by atoms with van der Waals surface area (Å²) in [4.78, 5) is 19.3. The number of anilines is 1. The number of amides is 1. The molecule has 1 aromatic carbocycles. The lowest BCUT2D eigenvalue weighted by Crippen LogP contribution is -2.27. The van der Waals surface area contributed by atoms with E-state index in [1.807, 2.05) is 12.1 Å². The number of carbonyl (C=O) groups is 1. The Labute approximate surface area is 149 Å². The van der Waals surface area contributed by atoms with E-state index in [9.17, 15) is 4.79 Å². The molecule has 1 aliphatic rings. The molecule has 3 aromatic rings. The summed E-state index contributed by atoms with van der Waals surface area (Å²) in [5.41, 5.74) is 1.06. The van der Waals surface area contributed by atoms with E-state index in [1.54, 1.807) is 24.3 Å². The number of nitrogens with one attached hydrogen (secondary N) is 1. The third-order valence-electron chi connectivity index (χ3n) is 4.48. The standard InChI is InChI=1S/C18H20N4O2S/c1-12-11-16(21-24-12)20-17(23)8-10-22-9-4-6-14(22)18-19-13-5-2-3-7-15(13)25-18/h2-3,5,7,11,14H,4,6,8-10H2,1H3,(H,20,21,23). The average molecular weight is 356 g/mol. The van der Waals surface area contributed by atoms with E-state index in [2.05, 4.69) is 27.5 Å². The Morgan fingerprint density at radius 1 is 1.44 bits per heavy atom. The van der Waals surface area contributed by atoms with Crippen molar-refractivity contribution in [2.75, 3.05) is 18.4 Å². The third kappa shape index (κ3) is 3.57. The minimum Gasteiger partial charge on any atom is -0.360 e. The maximum atomic E-state index is 12.1. The Bertz CT molecular complexity index is 855. The highest BCUT2D eigenvalue weighted by Gasteiger charge is 2.28. The molecule has 130 valence electrons. The van der Waals surface area contributed by atoms with Crippen LogP contribution in [0, 0.1) is 6.92 Å². The first-order valence-corrected chi connectivity index (χ1v) is 9.33. The number of benzene rings is 1. The van der Waals surface area contributed by atoms with Gasteiger partial charge in [0.2, 0.25) is 5.91 Å². The fourth-order valence-electron chi connectivity index (χ4n) is 3.28. The Balaban J connectivity index is 1.38. The summed E-state index contributed by atoms with van der Waals surface area (Å²) in [7, 11) is 0. The molecule has 6 nitrogen and oxygen atoms in total. The molecule has 4 rings (SSSR count). The normalized spacial score (nSPS) is 18.0. The zero-order valence-corrected chi connectivity index (χ0v) is 14.9. The van der Waals surface area contributed by atoms with Crippen molar-refractivity contribution < 1.29 is 9.32 Å². The SMILES string of the molecule is Cc1cc(NC(=O)CCN2CCCC2c2nc3ccccc3s2)no1. The molecule has 7 heteroatoms. The zero-order chi connectivity index (χ0) is 17.2. The van der Waals surface area contributed by atoms with Crippen molar-refractivity contribution in [3.05, 3.63) is 41.1 Å². The van der Waals surface area contributed by atoms with Gasteiger partial charge in [0.25, 0.3) is 0 Å². The van der Waals surface area contributed by atoms with Crippen LogP contribution in [0.15, 0.2) is 34.9 Å². The van der Waals surface area contributed by atoms with Gasteiger partial charge in [0.15, 0.2) is 5.82 Å². The maximum Gasteiger partial charge on any atom is 0.226 e. The average Bonchev–Trinajstić information content (AvgIpc) is 3.31. The fraction of sp³-hybridized carbons (Fsp3) is 0.389. The van der Waals surface area contributed by atoms with E-state index in [1.165, 1.54) is 4.70 Å². The van der Waals surface area contributed by atoms with Gasteiger partial charge in [-0.15, -0.1) is 11.3 Å². The van der Waals surface area contributed by atoms with Crippen LogP contribution in [0.3, 0.4) is 0 Å². The number of aromatic nitrogens is 2. The lowest BCUT2D eigenvalue weighted by molar-refractivity contribution is -0.116. The summed E-state index contributed by atoms with van der Waals surface area (Å²) in [5, 5.41) is 7.73. The fourth-order valence-corrected chi connectivity index (χ4v) is 4.42. The van der Waals surface area contributed by atoms with Crippen LogP contribution in [-0.4, -0.2) is 34.0 Å². The number of hydrogen-bond acceptors (Lipinski definition) is 6. The summed E-state index contributed by atoms with van der Waals surface area (Å²) < 4.78 is 6.19. The van der Waals surface area contributed by atoms with Gasteiger partial charge in [-0.25, -0.2) is 4.98 Å². The Morgan fingerprint density at radius 3 is 3.12 bits per heavy atom. The van der Waals surface area contributed by atoms with Crippen LogP contribution in [0.5, 0.6) is 0 Å². The van der Waals surface area contributed by atoms with Gasteiger partial charge in [0.1, 0.15) is 10.8 Å². The second-order valence-corrected chi connectivity index (χ2v) is 7.40. The van der Waals surface area contributed by atoms with Crippen molar-refractivity contribution in [1.82, 2.24) is 15.0 Å². The number of fused-ring (bicyclic) bond motifs is 1. The third-order valence-corrected chi connectivity index (χ3v) is 5.62. The van der Waals surface area contributed by atoms with Gasteiger partial charge >= 0.3 is 0 Å². The monoisotopic (exact) mass is 356 g/mol. The lowest BCUT2D eigenvalue weighted by atomic mass is 10.2. The number of carbonyl (C=O) groups excluding carboxylic acids is 1. The topological polar surface area (TPSA) is 71.3 Å². The zero-order valence-electron chi connectivity index (χ0n) is 14.1. The van der Waals surface area contributed by atoms with Gasteiger partial charge in [0.05, 0.1) is 16.3 Å². The molecule has 0 radical (unpaired) electrons. The van der Waals surface area contributed by atoms with Gasteiger partial charge in [0, 0.05) is 19.0 Å². The minimum absolute atomic E-state index is 0.0387. The van der Waals surface area contributed by atoms with E-state index < -0.39 is 0 Å². The molecular weight excluding hydrogens is 336 g/mol. The van der Waals surface area contributed by atoms with Gasteiger partial charge in [-0.3, -0.25) is 9.69 Å². The van der Waals surface area contributed by atoms with Crippen LogP contribution in [0.25, 0.3) is 10.2 Å². The molecule has 1 atom stereocenters. The van der Waals surface area contributed by atoms with Crippen LogP contribution < -0.4 is 5.32 Å². The van der Waals surface area contributed by atoms with E-state index in [0.717, 1.165) is 36.5 Å². The number of aryl methyl sites for hydroxylation is 1. The van der Waals surface area contributed by atoms with Crippen LogP contribution in [-0.2, 0) is 4.79 Å². The second kappa shape index (κ2) is 6.93. The van der Waals surface area contributed by atoms with Crippen LogP contribution in [0.1, 0.15) is 36.1 Å². The maximum absolute atomic E-state index is 12.1. The summed E-state index contributed by atoms with van der Waals surface area (Å²) in [6.45, 7) is 3.54. The van der Waals surface area contributed by atoms with Crippen molar-refractivity contribution in [1.29, 1.82) is 0 Å².